The van der Waals surface area contributed by atoms with Gasteiger partial charge in [-0.05, 0) is 0 Å². The van der Waals surface area contributed by atoms with Crippen LogP contribution in [0.4, 0.5) is 0 Å². The van der Waals surface area contributed by atoms with E-state index in [9.17, 15) is 4.79 Å². The van der Waals surface area contributed by atoms with Crippen LogP contribution in [0.2, 0.25) is 4.82 Å². The fourth-order valence-corrected chi connectivity index (χ4v) is 16.1. The van der Waals surface area contributed by atoms with E-state index in [1.54, 1.807) is 18.6 Å². The van der Waals surface area contributed by atoms with E-state index in [1.165, 1.54) is 0 Å². The molecule has 1 fully saturated rings. The summed E-state index contributed by atoms with van der Waals surface area (Å²) < 4.78 is 0. The van der Waals surface area contributed by atoms with E-state index in [1.807, 2.05) is 12.1 Å². The van der Waals surface area contributed by atoms with E-state index >= 15 is 0 Å². The molecule has 1 saturated heterocycles. The second-order valence-corrected chi connectivity index (χ2v) is 12.9. The van der Waals surface area contributed by atoms with Gasteiger partial charge in [0.1, 0.15) is 0 Å². The number of pyridine rings is 1. The minimum atomic E-state index is 0.0602. The standard InChI is InChI=1S/C15H13N3OSe2/c1-15(2)12-10-9(11(19)13(15)21-20-12)7-17-14(18-10)8-4-3-5-16-6-8/h3-7,12-13H,1-2H3/t12-,13+/m0/s1. The SMILES string of the molecule is CC1(C)[C@@H]2[Se][Se][C@H]1c1nc(-c3cccnc3)ncc1C2=O. The zero-order valence-corrected chi connectivity index (χ0v) is 15.0. The molecule has 2 bridgehead atoms. The van der Waals surface area contributed by atoms with Crippen LogP contribution >= 0.6 is 0 Å². The molecule has 3 heterocycles. The zero-order chi connectivity index (χ0) is 14.6. The van der Waals surface area contributed by atoms with Crippen molar-refractivity contribution in [3.8, 4) is 11.4 Å². The molecule has 106 valence electrons. The van der Waals surface area contributed by atoms with Crippen LogP contribution in [0.25, 0.3) is 11.4 Å². The molecule has 2 atom stereocenters. The van der Waals surface area contributed by atoms with Crippen molar-refractivity contribution in [3.05, 3.63) is 42.0 Å². The van der Waals surface area contributed by atoms with Crippen LogP contribution in [0, 0.1) is 5.41 Å². The molecule has 4 rings (SSSR count). The molecule has 2 aliphatic rings. The Morgan fingerprint density at radius 3 is 2.76 bits per heavy atom. The summed E-state index contributed by atoms with van der Waals surface area (Å²) in [6, 6.07) is 3.84. The van der Waals surface area contributed by atoms with Crippen LogP contribution < -0.4 is 0 Å². The first-order valence-electron chi connectivity index (χ1n) is 6.73. The number of carbonyl (C=O) groups is 1. The number of nitrogens with zero attached hydrogens (tertiary/aromatic N) is 3. The molecule has 21 heavy (non-hydrogen) atoms. The van der Waals surface area contributed by atoms with Crippen LogP contribution in [0.15, 0.2) is 30.7 Å². The molecule has 0 unspecified atom stereocenters. The molecule has 0 aromatic carbocycles. The fourth-order valence-electron chi connectivity index (χ4n) is 2.84. The summed E-state index contributed by atoms with van der Waals surface area (Å²) in [6.45, 7) is 4.46. The fraction of sp³-hybridized carbons (Fsp3) is 0.333. The Kier molecular flexibility index (Phi) is 3.05. The van der Waals surface area contributed by atoms with E-state index in [0.29, 0.717) is 36.9 Å². The summed E-state index contributed by atoms with van der Waals surface area (Å²) in [5.74, 6) is 0.947. The summed E-state index contributed by atoms with van der Waals surface area (Å²) in [4.78, 5) is 26.6. The van der Waals surface area contributed by atoms with Crippen molar-refractivity contribution < 1.29 is 4.79 Å². The van der Waals surface area contributed by atoms with Crippen molar-refractivity contribution in [2.75, 3.05) is 0 Å². The predicted octanol–water partition coefficient (Wildman–Crippen LogP) is 1.93. The molecule has 6 heteroatoms. The first kappa shape index (κ1) is 13.6. The monoisotopic (exact) mass is 411 g/mol. The number of Topliss-reactive ketones (excluding diaryl/α,β-unsaturated/α-hetero) is 1. The van der Waals surface area contributed by atoms with Gasteiger partial charge in [0.15, 0.2) is 0 Å². The van der Waals surface area contributed by atoms with Crippen molar-refractivity contribution in [2.45, 2.75) is 23.5 Å². The van der Waals surface area contributed by atoms with Gasteiger partial charge in [-0.2, -0.15) is 0 Å². The van der Waals surface area contributed by atoms with Gasteiger partial charge < -0.3 is 0 Å². The van der Waals surface area contributed by atoms with Crippen molar-refractivity contribution in [3.63, 3.8) is 0 Å². The van der Waals surface area contributed by atoms with E-state index in [4.69, 9.17) is 4.98 Å². The van der Waals surface area contributed by atoms with E-state index in [2.05, 4.69) is 23.8 Å². The molecule has 1 aliphatic carbocycles. The van der Waals surface area contributed by atoms with Crippen molar-refractivity contribution in [2.24, 2.45) is 5.41 Å². The van der Waals surface area contributed by atoms with Gasteiger partial charge in [-0.25, -0.2) is 0 Å². The number of hydrogen-bond acceptors (Lipinski definition) is 4. The number of rotatable bonds is 1. The topological polar surface area (TPSA) is 55.7 Å². The molecule has 4 nitrogen and oxygen atoms in total. The average Bonchev–Trinajstić information content (AvgIpc) is 2.71. The second kappa shape index (κ2) is 4.72. The Balaban J connectivity index is 1.88. The van der Waals surface area contributed by atoms with Crippen LogP contribution in [-0.2, 0) is 0 Å². The van der Waals surface area contributed by atoms with Crippen LogP contribution in [0.1, 0.15) is 34.7 Å². The molecular weight excluding hydrogens is 396 g/mol. The Morgan fingerprint density at radius 2 is 2.00 bits per heavy atom. The third kappa shape index (κ3) is 1.94. The first-order valence-corrected chi connectivity index (χ1v) is 13.0. The quantitative estimate of drug-likeness (QED) is 0.676. The number of fused-ring (bicyclic) bond motifs is 4. The van der Waals surface area contributed by atoms with E-state index in [0.717, 1.165) is 16.8 Å². The Morgan fingerprint density at radius 1 is 1.19 bits per heavy atom. The molecule has 2 aromatic rings. The molecular formula is C15H13N3OSe2. The van der Waals surface area contributed by atoms with Gasteiger partial charge in [-0.15, -0.1) is 0 Å². The summed E-state index contributed by atoms with van der Waals surface area (Å²) in [5.41, 5.74) is 2.71. The minimum absolute atomic E-state index is 0.0602. The van der Waals surface area contributed by atoms with Crippen LogP contribution in [0.5, 0.6) is 0 Å². The molecule has 0 radical (unpaired) electrons. The van der Waals surface area contributed by atoms with E-state index < -0.39 is 0 Å². The summed E-state index contributed by atoms with van der Waals surface area (Å²) >= 11 is 0.941. The molecule has 0 saturated carbocycles. The zero-order valence-electron chi connectivity index (χ0n) is 11.6. The Bertz CT molecular complexity index is 733. The van der Waals surface area contributed by atoms with E-state index in [-0.39, 0.29) is 16.0 Å². The molecule has 0 spiro atoms. The number of hydrogen-bond donors (Lipinski definition) is 0. The van der Waals surface area contributed by atoms with Crippen LogP contribution in [0.3, 0.4) is 0 Å². The maximum absolute atomic E-state index is 12.7. The average molecular weight is 409 g/mol. The van der Waals surface area contributed by atoms with Gasteiger partial charge in [0.25, 0.3) is 0 Å². The first-order chi connectivity index (χ1) is 10.1. The van der Waals surface area contributed by atoms with Gasteiger partial charge in [0.2, 0.25) is 0 Å². The third-order valence-electron chi connectivity index (χ3n) is 4.09. The van der Waals surface area contributed by atoms with Gasteiger partial charge >= 0.3 is 134 Å². The maximum atomic E-state index is 12.7. The molecule has 0 N–H and O–H groups in total. The normalized spacial score (nSPS) is 25.7. The van der Waals surface area contributed by atoms with Gasteiger partial charge in [0.05, 0.1) is 0 Å². The molecule has 1 aliphatic heterocycles. The molecule has 0 amide bonds. The summed E-state index contributed by atoms with van der Waals surface area (Å²) in [6.07, 6.45) is 5.24. The number of carbonyl (C=O) groups excluding carboxylic acids is 1. The number of ketones is 1. The number of aromatic nitrogens is 3. The summed E-state index contributed by atoms with van der Waals surface area (Å²) in [5, 5.41) is 0. The second-order valence-electron chi connectivity index (χ2n) is 5.87. The Labute approximate surface area is 134 Å². The predicted molar refractivity (Wildman–Crippen MR) is 81.4 cm³/mol. The third-order valence-corrected chi connectivity index (χ3v) is 14.0. The van der Waals surface area contributed by atoms with Crippen molar-refractivity contribution in [1.29, 1.82) is 0 Å². The van der Waals surface area contributed by atoms with Crippen LogP contribution in [-0.4, -0.2) is 47.0 Å². The van der Waals surface area contributed by atoms with Gasteiger partial charge in [-0.1, -0.05) is 0 Å². The molecule has 2 aromatic heterocycles. The van der Waals surface area contributed by atoms with Crippen molar-refractivity contribution in [1.82, 2.24) is 15.0 Å². The van der Waals surface area contributed by atoms with Gasteiger partial charge in [0, 0.05) is 0 Å². The Hall–Kier alpha value is -1.06. The summed E-state index contributed by atoms with van der Waals surface area (Å²) in [7, 11) is 0. The van der Waals surface area contributed by atoms with Crippen molar-refractivity contribution >= 4 is 32.0 Å². The van der Waals surface area contributed by atoms with Gasteiger partial charge in [-0.3, -0.25) is 0 Å².